The topological polar surface area (TPSA) is 40.6 Å². The van der Waals surface area contributed by atoms with Crippen LogP contribution in [0.15, 0.2) is 0 Å². The third kappa shape index (κ3) is 2.84. The number of rotatable bonds is 3. The number of alkyl halides is 1. The number of piperidine rings is 1. The van der Waals surface area contributed by atoms with Gasteiger partial charge in [-0.05, 0) is 30.6 Å². The third-order valence-electron chi connectivity index (χ3n) is 4.40. The predicted octanol–water partition coefficient (Wildman–Crippen LogP) is 1.77. The summed E-state index contributed by atoms with van der Waals surface area (Å²) in [6.07, 6.45) is 1.78. The molecule has 2 fully saturated rings. The second kappa shape index (κ2) is 5.65. The van der Waals surface area contributed by atoms with Gasteiger partial charge in [0.2, 0.25) is 0 Å². The molecule has 4 nitrogen and oxygen atoms in total. The molecule has 106 valence electrons. The molecule has 0 aliphatic carbocycles. The van der Waals surface area contributed by atoms with E-state index >= 15 is 0 Å². The summed E-state index contributed by atoms with van der Waals surface area (Å²) in [6.45, 7) is 6.83. The van der Waals surface area contributed by atoms with E-state index in [9.17, 15) is 8.42 Å². The number of hydrogen-bond donors (Lipinski definition) is 0. The Morgan fingerprint density at radius 3 is 2.00 bits per heavy atom. The molecule has 0 spiro atoms. The molecule has 2 aliphatic rings. The van der Waals surface area contributed by atoms with E-state index in [4.69, 9.17) is 11.6 Å². The average molecular weight is 295 g/mol. The predicted molar refractivity (Wildman–Crippen MR) is 73.8 cm³/mol. The molecule has 0 amide bonds. The van der Waals surface area contributed by atoms with Gasteiger partial charge in [0, 0.05) is 32.1 Å². The van der Waals surface area contributed by atoms with E-state index < -0.39 is 10.2 Å². The van der Waals surface area contributed by atoms with Gasteiger partial charge in [-0.25, -0.2) is 0 Å². The van der Waals surface area contributed by atoms with Gasteiger partial charge in [-0.3, -0.25) is 0 Å². The minimum absolute atomic E-state index is 0.458. The number of hydrogen-bond acceptors (Lipinski definition) is 2. The molecule has 0 bridgehead atoms. The normalized spacial score (nSPS) is 33.1. The van der Waals surface area contributed by atoms with Gasteiger partial charge >= 0.3 is 0 Å². The van der Waals surface area contributed by atoms with Crippen LogP contribution in [0.5, 0.6) is 0 Å². The van der Waals surface area contributed by atoms with Crippen molar-refractivity contribution < 1.29 is 8.42 Å². The van der Waals surface area contributed by atoms with Crippen molar-refractivity contribution in [1.29, 1.82) is 0 Å². The first kappa shape index (κ1) is 14.6. The van der Waals surface area contributed by atoms with Crippen LogP contribution in [0.25, 0.3) is 0 Å². The van der Waals surface area contributed by atoms with Gasteiger partial charge in [-0.1, -0.05) is 13.8 Å². The van der Waals surface area contributed by atoms with Crippen LogP contribution in [-0.2, 0) is 10.2 Å². The van der Waals surface area contributed by atoms with Crippen LogP contribution in [0.1, 0.15) is 26.7 Å². The Balaban J connectivity index is 2.00. The van der Waals surface area contributed by atoms with Crippen LogP contribution in [-0.4, -0.2) is 49.1 Å². The maximum Gasteiger partial charge on any atom is 0.281 e. The highest BCUT2D eigenvalue weighted by Gasteiger charge is 2.38. The molecule has 2 unspecified atom stereocenters. The van der Waals surface area contributed by atoms with Gasteiger partial charge in [0.25, 0.3) is 10.2 Å². The largest absolute Gasteiger partial charge is 0.281 e. The summed E-state index contributed by atoms with van der Waals surface area (Å²) in [4.78, 5) is 0. The van der Waals surface area contributed by atoms with Gasteiger partial charge in [-0.15, -0.1) is 11.6 Å². The quantitative estimate of drug-likeness (QED) is 0.744. The molecular weight excluding hydrogens is 272 g/mol. The Hall–Kier alpha value is 0.160. The van der Waals surface area contributed by atoms with Crippen molar-refractivity contribution in [1.82, 2.24) is 8.61 Å². The maximum atomic E-state index is 12.5. The van der Waals surface area contributed by atoms with Gasteiger partial charge < -0.3 is 0 Å². The smallest absolute Gasteiger partial charge is 0.195 e. The lowest BCUT2D eigenvalue weighted by Crippen LogP contribution is -2.46. The highest BCUT2D eigenvalue weighted by molar-refractivity contribution is 7.86. The SMILES string of the molecule is CC1CN(S(=O)(=O)N2CCC(CCl)CC2)CC1C. The first-order chi connectivity index (χ1) is 8.45. The minimum Gasteiger partial charge on any atom is -0.195 e. The molecule has 0 aromatic heterocycles. The fourth-order valence-corrected chi connectivity index (χ4v) is 4.88. The summed E-state index contributed by atoms with van der Waals surface area (Å²) in [6, 6.07) is 0. The van der Waals surface area contributed by atoms with Crippen molar-refractivity contribution in [2.45, 2.75) is 26.7 Å². The van der Waals surface area contributed by atoms with Crippen LogP contribution in [0.2, 0.25) is 0 Å². The zero-order valence-electron chi connectivity index (χ0n) is 11.2. The molecule has 18 heavy (non-hydrogen) atoms. The lowest BCUT2D eigenvalue weighted by atomic mass is 10.0. The fraction of sp³-hybridized carbons (Fsp3) is 1.00. The Labute approximate surface area is 115 Å². The van der Waals surface area contributed by atoms with E-state index in [-0.39, 0.29) is 0 Å². The van der Waals surface area contributed by atoms with Gasteiger partial charge in [0.15, 0.2) is 0 Å². The van der Waals surface area contributed by atoms with Crippen LogP contribution in [0, 0.1) is 17.8 Å². The van der Waals surface area contributed by atoms with E-state index in [1.165, 1.54) is 0 Å². The molecule has 2 atom stereocenters. The average Bonchev–Trinajstić information content (AvgIpc) is 2.70. The van der Waals surface area contributed by atoms with Crippen molar-refractivity contribution in [2.24, 2.45) is 17.8 Å². The Bertz CT molecular complexity index is 370. The molecule has 0 N–H and O–H groups in total. The first-order valence-corrected chi connectivity index (χ1v) is 8.69. The van der Waals surface area contributed by atoms with Gasteiger partial charge in [0.05, 0.1) is 0 Å². The number of nitrogens with zero attached hydrogens (tertiary/aromatic N) is 2. The van der Waals surface area contributed by atoms with E-state index in [0.29, 0.717) is 49.8 Å². The lowest BCUT2D eigenvalue weighted by molar-refractivity contribution is 0.271. The fourth-order valence-electron chi connectivity index (χ4n) is 2.72. The Kier molecular flexibility index (Phi) is 4.57. The second-order valence-electron chi connectivity index (χ2n) is 5.78. The molecule has 2 saturated heterocycles. The van der Waals surface area contributed by atoms with Gasteiger partial charge in [0.1, 0.15) is 0 Å². The summed E-state index contributed by atoms with van der Waals surface area (Å²) in [7, 11) is -3.24. The second-order valence-corrected chi connectivity index (χ2v) is 8.01. The highest BCUT2D eigenvalue weighted by Crippen LogP contribution is 2.28. The molecule has 2 rings (SSSR count). The Morgan fingerprint density at radius 1 is 1.06 bits per heavy atom. The highest BCUT2D eigenvalue weighted by atomic mass is 35.5. The van der Waals surface area contributed by atoms with E-state index in [0.717, 1.165) is 12.8 Å². The summed E-state index contributed by atoms with van der Waals surface area (Å²) in [5.74, 6) is 2.04. The molecule has 6 heteroatoms. The van der Waals surface area contributed by atoms with E-state index in [1.807, 2.05) is 0 Å². The molecule has 0 saturated carbocycles. The zero-order valence-corrected chi connectivity index (χ0v) is 12.8. The minimum atomic E-state index is -3.24. The summed E-state index contributed by atoms with van der Waals surface area (Å²) >= 11 is 5.83. The van der Waals surface area contributed by atoms with Crippen molar-refractivity contribution in [3.63, 3.8) is 0 Å². The summed E-state index contributed by atoms with van der Waals surface area (Å²) in [5.41, 5.74) is 0. The molecule has 0 aromatic carbocycles. The van der Waals surface area contributed by atoms with Crippen LogP contribution >= 0.6 is 11.6 Å². The number of halogens is 1. The van der Waals surface area contributed by atoms with Crippen LogP contribution < -0.4 is 0 Å². The molecule has 2 aliphatic heterocycles. The first-order valence-electron chi connectivity index (χ1n) is 6.76. The zero-order chi connectivity index (χ0) is 13.3. The summed E-state index contributed by atoms with van der Waals surface area (Å²) in [5, 5.41) is 0. The van der Waals surface area contributed by atoms with E-state index in [2.05, 4.69) is 13.8 Å². The monoisotopic (exact) mass is 294 g/mol. The van der Waals surface area contributed by atoms with Crippen LogP contribution in [0.3, 0.4) is 0 Å². The molecule has 0 radical (unpaired) electrons. The summed E-state index contributed by atoms with van der Waals surface area (Å²) < 4.78 is 28.3. The molecule has 0 aromatic rings. The third-order valence-corrected chi connectivity index (χ3v) is 6.80. The standard InChI is InChI=1S/C12H23ClN2O2S/c1-10-8-15(9-11(10)2)18(16,17)14-5-3-12(7-13)4-6-14/h10-12H,3-9H2,1-2H3. The maximum absolute atomic E-state index is 12.5. The van der Waals surface area contributed by atoms with Crippen molar-refractivity contribution in [3.05, 3.63) is 0 Å². The Morgan fingerprint density at radius 2 is 1.56 bits per heavy atom. The van der Waals surface area contributed by atoms with E-state index in [1.54, 1.807) is 8.61 Å². The van der Waals surface area contributed by atoms with Crippen molar-refractivity contribution in [2.75, 3.05) is 32.1 Å². The molecular formula is C12H23ClN2O2S. The lowest BCUT2D eigenvalue weighted by Gasteiger charge is -2.33. The van der Waals surface area contributed by atoms with Crippen molar-refractivity contribution in [3.8, 4) is 0 Å². The van der Waals surface area contributed by atoms with Gasteiger partial charge in [-0.2, -0.15) is 17.0 Å². The molecule has 2 heterocycles. The van der Waals surface area contributed by atoms with Crippen LogP contribution in [0.4, 0.5) is 0 Å². The van der Waals surface area contributed by atoms with Crippen molar-refractivity contribution >= 4 is 21.8 Å².